The molecule has 2 amide bonds. The number of amides is 2. The zero-order valence-electron chi connectivity index (χ0n) is 39.2. The zero-order chi connectivity index (χ0) is 45.2. The van der Waals surface area contributed by atoms with Crippen molar-refractivity contribution in [1.29, 1.82) is 0 Å². The molecule has 0 fully saturated rings. The van der Waals surface area contributed by atoms with Gasteiger partial charge in [0.25, 0.3) is 0 Å². The van der Waals surface area contributed by atoms with E-state index in [1.165, 1.54) is 167 Å². The summed E-state index contributed by atoms with van der Waals surface area (Å²) in [6.07, 6.45) is 43.8. The van der Waals surface area contributed by atoms with Crippen molar-refractivity contribution in [3.05, 3.63) is 12.2 Å². The van der Waals surface area contributed by atoms with Gasteiger partial charge in [-0.15, -0.1) is 0 Å². The lowest BCUT2D eigenvalue weighted by atomic mass is 10.0. The fraction of sp³-hybridized carbons (Fsp3) is 0.909. The molecule has 58 heavy (non-hydrogen) atoms. The molecule has 0 aliphatic heterocycles. The SMILES string of the molecule is CCCCCCCC/C=C\CCCCCCCC(=O)[N+](C)(C)C.CCCCCCCCCCCCCCCCCC(=O)[N+](C)(C)C.COS(=O)(=O)[O-].COS(=O)(=O)[O-]. The number of unbranched alkanes of at least 4 members (excludes halogenated alkanes) is 25. The average Bonchev–Trinajstić information content (AvgIpc) is 3.14. The fourth-order valence-electron chi connectivity index (χ4n) is 5.67. The molecular formula is C44H92N2O10S2. The molecule has 0 unspecified atom stereocenters. The highest BCUT2D eigenvalue weighted by Gasteiger charge is 2.19. The van der Waals surface area contributed by atoms with Crippen molar-refractivity contribution >= 4 is 32.6 Å². The first-order valence-electron chi connectivity index (χ1n) is 22.5. The van der Waals surface area contributed by atoms with E-state index in [9.17, 15) is 35.5 Å². The lowest BCUT2D eigenvalue weighted by molar-refractivity contribution is -0.792. The van der Waals surface area contributed by atoms with Crippen molar-refractivity contribution in [3.8, 4) is 0 Å². The van der Waals surface area contributed by atoms with Crippen LogP contribution in [0.1, 0.15) is 206 Å². The molecule has 0 spiro atoms. The standard InChI is InChI=1S/C21H44NO.C21H42NO.2CH4O4S/c2*1-5-6-7-8-9-10-11-12-13-14-15-16-17-18-19-20-21(23)22(2,3)4;2*1-5-6(2,3)4/h5-20H2,1-4H3;12-13H,5-11,14-20H2,1-4H3;2*1H3,(H,2,3,4)/q2*+1;;/p-2/b;13-12-;;. The summed E-state index contributed by atoms with van der Waals surface area (Å²) in [6.45, 7) is 4.55. The summed E-state index contributed by atoms with van der Waals surface area (Å²) in [5.41, 5.74) is 0. The maximum atomic E-state index is 11.8. The summed E-state index contributed by atoms with van der Waals surface area (Å²) in [5.74, 6) is 0.710. The van der Waals surface area contributed by atoms with E-state index in [1.807, 2.05) is 42.3 Å². The van der Waals surface area contributed by atoms with E-state index in [2.05, 4.69) is 34.4 Å². The van der Waals surface area contributed by atoms with Crippen molar-refractivity contribution in [1.82, 2.24) is 0 Å². The Hall–Kier alpha value is -1.26. The fourth-order valence-corrected chi connectivity index (χ4v) is 5.67. The van der Waals surface area contributed by atoms with Crippen LogP contribution in [0.2, 0.25) is 0 Å². The molecule has 0 aromatic rings. The van der Waals surface area contributed by atoms with E-state index >= 15 is 0 Å². The van der Waals surface area contributed by atoms with E-state index in [0.29, 0.717) is 20.8 Å². The van der Waals surface area contributed by atoms with E-state index in [0.717, 1.165) is 39.9 Å². The Bertz CT molecular complexity index is 1130. The average molecular weight is 873 g/mol. The highest BCUT2D eigenvalue weighted by atomic mass is 32.3. The number of hydrogen-bond acceptors (Lipinski definition) is 10. The second kappa shape index (κ2) is 42.4. The predicted molar refractivity (Wildman–Crippen MR) is 238 cm³/mol. The summed E-state index contributed by atoms with van der Waals surface area (Å²) in [5, 5.41) is 0. The molecule has 0 aliphatic carbocycles. The Morgan fingerprint density at radius 1 is 0.414 bits per heavy atom. The van der Waals surface area contributed by atoms with Gasteiger partial charge in [0.2, 0.25) is 20.8 Å². The van der Waals surface area contributed by atoms with Gasteiger partial charge in [-0.25, -0.2) is 26.4 Å². The van der Waals surface area contributed by atoms with Gasteiger partial charge in [0, 0.05) is 0 Å². The molecule has 0 bridgehead atoms. The van der Waals surface area contributed by atoms with Crippen LogP contribution in [0, 0.1) is 0 Å². The van der Waals surface area contributed by atoms with Gasteiger partial charge < -0.3 is 9.11 Å². The largest absolute Gasteiger partial charge is 0.726 e. The van der Waals surface area contributed by atoms with Crippen LogP contribution in [0.15, 0.2) is 12.2 Å². The highest BCUT2D eigenvalue weighted by Crippen LogP contribution is 2.15. The maximum absolute atomic E-state index is 11.8. The van der Waals surface area contributed by atoms with Crippen molar-refractivity contribution in [3.63, 3.8) is 0 Å². The Kier molecular flexibility index (Phi) is 46.4. The van der Waals surface area contributed by atoms with Crippen LogP contribution >= 0.6 is 0 Å². The Labute approximate surface area is 359 Å². The smallest absolute Gasteiger partial charge is 0.313 e. The second-order valence-corrected chi connectivity index (χ2v) is 19.3. The third kappa shape index (κ3) is 61.4. The summed E-state index contributed by atoms with van der Waals surface area (Å²) >= 11 is 0. The molecule has 12 nitrogen and oxygen atoms in total. The number of carbonyl (C=O) groups is 2. The van der Waals surface area contributed by atoms with E-state index in [1.54, 1.807) is 0 Å². The third-order valence-corrected chi connectivity index (χ3v) is 10.4. The Morgan fingerprint density at radius 3 is 0.793 bits per heavy atom. The first-order valence-corrected chi connectivity index (χ1v) is 25.1. The first-order chi connectivity index (χ1) is 27.1. The van der Waals surface area contributed by atoms with Gasteiger partial charge >= 0.3 is 11.8 Å². The molecular weight excluding hydrogens is 781 g/mol. The molecule has 0 radical (unpaired) electrons. The van der Waals surface area contributed by atoms with Gasteiger partial charge in [-0.2, -0.15) is 0 Å². The van der Waals surface area contributed by atoms with Crippen LogP contribution in [0.25, 0.3) is 0 Å². The molecule has 0 aliphatic rings. The number of hydrogen-bond donors (Lipinski definition) is 0. The number of carbonyl (C=O) groups excluding carboxylic acids is 2. The van der Waals surface area contributed by atoms with Gasteiger partial charge in [-0.3, -0.25) is 17.3 Å². The van der Waals surface area contributed by atoms with Crippen LogP contribution in [-0.4, -0.2) is 103 Å². The quantitative estimate of drug-likeness (QED) is 0.0203. The molecule has 0 N–H and O–H groups in total. The van der Waals surface area contributed by atoms with E-state index in [-0.39, 0.29) is 0 Å². The van der Waals surface area contributed by atoms with E-state index < -0.39 is 20.8 Å². The van der Waals surface area contributed by atoms with E-state index in [4.69, 9.17) is 0 Å². The molecule has 0 aromatic carbocycles. The second-order valence-electron chi connectivity index (χ2n) is 17.0. The number of quaternary nitrogens is 2. The van der Waals surface area contributed by atoms with Crippen LogP contribution in [0.5, 0.6) is 0 Å². The first kappa shape index (κ1) is 63.4. The van der Waals surface area contributed by atoms with Crippen LogP contribution < -0.4 is 0 Å². The maximum Gasteiger partial charge on any atom is 0.313 e. The molecule has 0 rings (SSSR count). The predicted octanol–water partition coefficient (Wildman–Crippen LogP) is 10.9. The molecule has 0 atom stereocenters. The molecule has 0 aromatic heterocycles. The third-order valence-electron chi connectivity index (χ3n) is 9.55. The van der Waals surface area contributed by atoms with Crippen molar-refractivity contribution in [2.45, 2.75) is 206 Å². The zero-order valence-corrected chi connectivity index (χ0v) is 40.8. The number of allylic oxidation sites excluding steroid dienone is 2. The van der Waals surface area contributed by atoms with Gasteiger partial charge in [-0.05, 0) is 38.5 Å². The summed E-state index contributed by atoms with van der Waals surface area (Å²) in [6, 6.07) is 0. The van der Waals surface area contributed by atoms with Gasteiger partial charge in [0.1, 0.15) is 0 Å². The minimum absolute atomic E-state index is 0.350. The Morgan fingerprint density at radius 2 is 0.603 bits per heavy atom. The van der Waals surface area contributed by atoms with Crippen LogP contribution in [-0.2, 0) is 38.8 Å². The molecule has 0 saturated heterocycles. The monoisotopic (exact) mass is 873 g/mol. The van der Waals surface area contributed by atoms with Crippen LogP contribution in [0.4, 0.5) is 0 Å². The van der Waals surface area contributed by atoms with Crippen LogP contribution in [0.3, 0.4) is 0 Å². The summed E-state index contributed by atoms with van der Waals surface area (Å²) < 4.78 is 63.0. The topological polar surface area (TPSA) is 167 Å². The summed E-state index contributed by atoms with van der Waals surface area (Å²) in [7, 11) is 4.56. The summed E-state index contributed by atoms with van der Waals surface area (Å²) in [4.78, 5) is 23.5. The number of rotatable bonds is 33. The molecule has 0 heterocycles. The minimum atomic E-state index is -4.41. The number of nitrogens with zero attached hydrogens (tertiary/aromatic N) is 2. The molecule has 0 saturated carbocycles. The molecule has 350 valence electrons. The minimum Gasteiger partial charge on any atom is -0.726 e. The molecule has 14 heteroatoms. The normalized spacial score (nSPS) is 11.9. The highest BCUT2D eigenvalue weighted by molar-refractivity contribution is 7.81. The van der Waals surface area contributed by atoms with Crippen molar-refractivity contribution < 1.29 is 52.9 Å². The van der Waals surface area contributed by atoms with Crippen molar-refractivity contribution in [2.75, 3.05) is 56.5 Å². The Balaban J connectivity index is -0.000000391. The lowest BCUT2D eigenvalue weighted by Crippen LogP contribution is -2.40. The lowest BCUT2D eigenvalue weighted by Gasteiger charge is -2.20. The van der Waals surface area contributed by atoms with Crippen molar-refractivity contribution in [2.24, 2.45) is 0 Å². The van der Waals surface area contributed by atoms with Gasteiger partial charge in [0.05, 0.1) is 69.3 Å². The van der Waals surface area contributed by atoms with Gasteiger partial charge in [0.15, 0.2) is 0 Å². The van der Waals surface area contributed by atoms with Gasteiger partial charge in [-0.1, -0.05) is 167 Å².